The van der Waals surface area contributed by atoms with Gasteiger partial charge in [-0.1, -0.05) is 41.1 Å². The van der Waals surface area contributed by atoms with Crippen molar-refractivity contribution in [1.29, 1.82) is 0 Å². The summed E-state index contributed by atoms with van der Waals surface area (Å²) in [5.41, 5.74) is 4.49. The maximum atomic E-state index is 9.18. The van der Waals surface area contributed by atoms with Gasteiger partial charge in [0.1, 0.15) is 0 Å². The van der Waals surface area contributed by atoms with Crippen molar-refractivity contribution in [2.24, 2.45) is 0 Å². The molecule has 2 nitrogen and oxygen atoms in total. The molecule has 3 heteroatoms. The highest BCUT2D eigenvalue weighted by Gasteiger charge is 2.06. The molecular formula is C16H18BrNO. The summed E-state index contributed by atoms with van der Waals surface area (Å²) in [5.74, 6) is 0. The van der Waals surface area contributed by atoms with Crippen LogP contribution in [0.3, 0.4) is 0 Å². The number of aliphatic hydroxyl groups is 1. The number of anilines is 2. The summed E-state index contributed by atoms with van der Waals surface area (Å²) < 4.78 is 0.935. The maximum absolute atomic E-state index is 9.18. The lowest BCUT2D eigenvalue weighted by Gasteiger charge is -2.20. The Morgan fingerprint density at radius 1 is 1.05 bits per heavy atom. The number of halogens is 1. The summed E-state index contributed by atoms with van der Waals surface area (Å²) in [6.07, 6.45) is 1.06. The van der Waals surface area contributed by atoms with E-state index in [0.29, 0.717) is 0 Å². The van der Waals surface area contributed by atoms with E-state index in [1.54, 1.807) is 0 Å². The Morgan fingerprint density at radius 3 is 2.21 bits per heavy atom. The number of hydrogen-bond acceptors (Lipinski definition) is 2. The molecule has 0 amide bonds. The summed E-state index contributed by atoms with van der Waals surface area (Å²) in [5, 5.41) is 9.18. The molecule has 0 bridgehead atoms. The molecule has 0 radical (unpaired) electrons. The molecule has 2 rings (SSSR count). The molecule has 19 heavy (non-hydrogen) atoms. The first-order chi connectivity index (χ1) is 9.15. The first-order valence-corrected chi connectivity index (χ1v) is 7.17. The number of hydrogen-bond donors (Lipinski definition) is 1. The Hall–Kier alpha value is -1.32. The minimum Gasteiger partial charge on any atom is -0.392 e. The second-order valence-electron chi connectivity index (χ2n) is 4.51. The van der Waals surface area contributed by atoms with E-state index in [-0.39, 0.29) is 6.61 Å². The lowest BCUT2D eigenvalue weighted by molar-refractivity contribution is 0.281. The van der Waals surface area contributed by atoms with Crippen LogP contribution in [0.5, 0.6) is 0 Å². The van der Waals surface area contributed by atoms with Crippen molar-refractivity contribution in [1.82, 2.24) is 0 Å². The van der Waals surface area contributed by atoms with E-state index in [1.165, 1.54) is 5.56 Å². The Labute approximate surface area is 122 Å². The van der Waals surface area contributed by atoms with Crippen LogP contribution < -0.4 is 4.90 Å². The van der Waals surface area contributed by atoms with Crippen molar-refractivity contribution >= 4 is 27.3 Å². The van der Waals surface area contributed by atoms with Gasteiger partial charge in [0.05, 0.1) is 6.61 Å². The van der Waals surface area contributed by atoms with Crippen LogP contribution in [0.25, 0.3) is 0 Å². The van der Waals surface area contributed by atoms with Crippen LogP contribution in [0, 0.1) is 0 Å². The molecule has 0 spiro atoms. The predicted octanol–water partition coefficient (Wildman–Crippen LogP) is 4.27. The number of nitrogens with zero attached hydrogens (tertiary/aromatic N) is 1. The quantitative estimate of drug-likeness (QED) is 0.909. The summed E-state index contributed by atoms with van der Waals surface area (Å²) in [6.45, 7) is 2.21. The average Bonchev–Trinajstić information content (AvgIpc) is 2.46. The highest BCUT2D eigenvalue weighted by Crippen LogP contribution is 2.28. The van der Waals surface area contributed by atoms with E-state index in [4.69, 9.17) is 0 Å². The van der Waals surface area contributed by atoms with Crippen LogP contribution in [-0.2, 0) is 13.0 Å². The van der Waals surface area contributed by atoms with Crippen molar-refractivity contribution < 1.29 is 5.11 Å². The molecule has 1 N–H and O–H groups in total. The highest BCUT2D eigenvalue weighted by atomic mass is 79.9. The van der Waals surface area contributed by atoms with Gasteiger partial charge in [-0.3, -0.25) is 0 Å². The van der Waals surface area contributed by atoms with Gasteiger partial charge in [0.2, 0.25) is 0 Å². The summed E-state index contributed by atoms with van der Waals surface area (Å²) in [4.78, 5) is 2.13. The Kier molecular flexibility index (Phi) is 4.61. The largest absolute Gasteiger partial charge is 0.392 e. The Balaban J connectivity index is 2.27. The number of aliphatic hydroxyl groups excluding tert-OH is 1. The molecule has 0 saturated heterocycles. The van der Waals surface area contributed by atoms with Gasteiger partial charge < -0.3 is 10.0 Å². The molecule has 0 aromatic heterocycles. The van der Waals surface area contributed by atoms with Crippen molar-refractivity contribution in [3.8, 4) is 0 Å². The monoisotopic (exact) mass is 319 g/mol. The summed E-state index contributed by atoms with van der Waals surface area (Å²) in [6, 6.07) is 14.6. The topological polar surface area (TPSA) is 23.5 Å². The molecule has 0 saturated carbocycles. The highest BCUT2D eigenvalue weighted by molar-refractivity contribution is 9.10. The second kappa shape index (κ2) is 6.22. The van der Waals surface area contributed by atoms with Gasteiger partial charge in [-0.2, -0.15) is 0 Å². The van der Waals surface area contributed by atoms with Gasteiger partial charge in [-0.15, -0.1) is 0 Å². The molecule has 2 aromatic rings. The van der Waals surface area contributed by atoms with Crippen LogP contribution in [0.15, 0.2) is 46.9 Å². The zero-order valence-corrected chi connectivity index (χ0v) is 12.8. The van der Waals surface area contributed by atoms with Crippen LogP contribution in [0.2, 0.25) is 0 Å². The molecule has 0 aliphatic rings. The van der Waals surface area contributed by atoms with E-state index in [1.807, 2.05) is 25.2 Å². The third-order valence-corrected chi connectivity index (χ3v) is 4.06. The molecule has 0 aliphatic heterocycles. The number of aryl methyl sites for hydroxylation is 1. The van der Waals surface area contributed by atoms with E-state index in [0.717, 1.165) is 27.8 Å². The molecule has 2 aromatic carbocycles. The molecule has 0 fully saturated rings. The number of rotatable bonds is 4. The third-order valence-electron chi connectivity index (χ3n) is 3.33. The van der Waals surface area contributed by atoms with Gasteiger partial charge in [-0.05, 0) is 41.8 Å². The van der Waals surface area contributed by atoms with Crippen LogP contribution in [0.1, 0.15) is 18.1 Å². The molecule has 0 atom stereocenters. The van der Waals surface area contributed by atoms with E-state index in [2.05, 4.69) is 52.0 Å². The van der Waals surface area contributed by atoms with E-state index >= 15 is 0 Å². The van der Waals surface area contributed by atoms with Crippen LogP contribution in [0.4, 0.5) is 11.4 Å². The lowest BCUT2D eigenvalue weighted by Crippen LogP contribution is -2.09. The van der Waals surface area contributed by atoms with E-state index < -0.39 is 0 Å². The third kappa shape index (κ3) is 3.17. The zero-order chi connectivity index (χ0) is 13.8. The fraction of sp³-hybridized carbons (Fsp3) is 0.250. The molecular weight excluding hydrogens is 302 g/mol. The molecule has 0 heterocycles. The van der Waals surface area contributed by atoms with Gasteiger partial charge in [0.15, 0.2) is 0 Å². The minimum absolute atomic E-state index is 0.0514. The standard InChI is InChI=1S/C16H18BrNO/c1-3-12-4-7-14(8-5-12)18(2)15-9-6-13(11-19)16(17)10-15/h4-10,19H,3,11H2,1-2H3. The van der Waals surface area contributed by atoms with Crippen LogP contribution >= 0.6 is 15.9 Å². The maximum Gasteiger partial charge on any atom is 0.0692 e. The average molecular weight is 320 g/mol. The molecule has 0 unspecified atom stereocenters. The fourth-order valence-electron chi connectivity index (χ4n) is 1.98. The lowest BCUT2D eigenvalue weighted by atomic mass is 10.1. The molecule has 100 valence electrons. The zero-order valence-electron chi connectivity index (χ0n) is 11.2. The van der Waals surface area contributed by atoms with Crippen molar-refractivity contribution in [3.63, 3.8) is 0 Å². The smallest absolute Gasteiger partial charge is 0.0692 e. The van der Waals surface area contributed by atoms with Crippen molar-refractivity contribution in [3.05, 3.63) is 58.1 Å². The normalized spacial score (nSPS) is 10.5. The summed E-state index contributed by atoms with van der Waals surface area (Å²) >= 11 is 3.48. The van der Waals surface area contributed by atoms with Crippen LogP contribution in [-0.4, -0.2) is 12.2 Å². The SMILES string of the molecule is CCc1ccc(N(C)c2ccc(CO)c(Br)c2)cc1. The fourth-order valence-corrected chi connectivity index (χ4v) is 2.47. The minimum atomic E-state index is 0.0514. The predicted molar refractivity (Wildman–Crippen MR) is 83.9 cm³/mol. The first kappa shape index (κ1) is 14.1. The first-order valence-electron chi connectivity index (χ1n) is 6.37. The second-order valence-corrected chi connectivity index (χ2v) is 5.37. The van der Waals surface area contributed by atoms with Gasteiger partial charge in [0, 0.05) is 22.9 Å². The van der Waals surface area contributed by atoms with Crippen molar-refractivity contribution in [2.45, 2.75) is 20.0 Å². The summed E-state index contributed by atoms with van der Waals surface area (Å²) in [7, 11) is 2.04. The Morgan fingerprint density at radius 2 is 1.68 bits per heavy atom. The van der Waals surface area contributed by atoms with E-state index in [9.17, 15) is 5.11 Å². The number of benzene rings is 2. The van der Waals surface area contributed by atoms with Crippen molar-refractivity contribution in [2.75, 3.05) is 11.9 Å². The van der Waals surface area contributed by atoms with Gasteiger partial charge in [0.25, 0.3) is 0 Å². The Bertz CT molecular complexity index is 551. The van der Waals surface area contributed by atoms with Gasteiger partial charge in [-0.25, -0.2) is 0 Å². The van der Waals surface area contributed by atoms with Gasteiger partial charge >= 0.3 is 0 Å². The molecule has 0 aliphatic carbocycles.